The van der Waals surface area contributed by atoms with Gasteiger partial charge in [-0.1, -0.05) is 5.16 Å². The van der Waals surface area contributed by atoms with E-state index in [4.69, 9.17) is 4.52 Å². The van der Waals surface area contributed by atoms with Gasteiger partial charge in [0, 0.05) is 37.9 Å². The molecule has 1 aliphatic rings. The molecule has 6 nitrogen and oxygen atoms in total. The van der Waals surface area contributed by atoms with E-state index in [9.17, 15) is 0 Å². The van der Waals surface area contributed by atoms with E-state index in [0.29, 0.717) is 6.04 Å². The Morgan fingerprint density at radius 1 is 1.50 bits per heavy atom. The molecule has 0 aliphatic carbocycles. The lowest BCUT2D eigenvalue weighted by atomic mass is 10.2. The van der Waals surface area contributed by atoms with E-state index in [1.54, 1.807) is 6.20 Å². The van der Waals surface area contributed by atoms with Crippen LogP contribution < -0.4 is 10.2 Å². The minimum Gasteiger partial charge on any atom is -0.361 e. The van der Waals surface area contributed by atoms with Crippen molar-refractivity contribution >= 4 is 5.82 Å². The molecule has 3 heterocycles. The first-order chi connectivity index (χ1) is 9.83. The Hall–Kier alpha value is -1.95. The lowest BCUT2D eigenvalue weighted by Crippen LogP contribution is -2.38. The van der Waals surface area contributed by atoms with Crippen molar-refractivity contribution in [1.82, 2.24) is 20.7 Å². The Morgan fingerprint density at radius 3 is 3.20 bits per heavy atom. The normalized spacial score (nSPS) is 18.6. The standard InChI is InChI=1S/C14H19N5O/c1-11-8-12(18-20-11)9-15-10-13-4-3-7-19(13)14-5-2-6-16-17-14/h2,5-6,8,13,15H,3-4,7,9-10H2,1H3/t13-/m1/s1. The van der Waals surface area contributed by atoms with Crippen molar-refractivity contribution in [3.63, 3.8) is 0 Å². The number of aryl methyl sites for hydroxylation is 1. The predicted molar refractivity (Wildman–Crippen MR) is 75.3 cm³/mol. The van der Waals surface area contributed by atoms with Gasteiger partial charge in [-0.2, -0.15) is 5.10 Å². The lowest BCUT2D eigenvalue weighted by Gasteiger charge is -2.25. The summed E-state index contributed by atoms with van der Waals surface area (Å²) in [5.74, 6) is 1.82. The topological polar surface area (TPSA) is 67.1 Å². The molecule has 3 rings (SSSR count). The average Bonchev–Trinajstić information content (AvgIpc) is 3.09. The number of hydrogen-bond donors (Lipinski definition) is 1. The smallest absolute Gasteiger partial charge is 0.151 e. The van der Waals surface area contributed by atoms with Gasteiger partial charge in [0.05, 0.1) is 5.69 Å². The molecule has 0 bridgehead atoms. The van der Waals surface area contributed by atoms with Crippen LogP contribution in [-0.4, -0.2) is 34.5 Å². The monoisotopic (exact) mass is 273 g/mol. The largest absolute Gasteiger partial charge is 0.361 e. The molecule has 106 valence electrons. The predicted octanol–water partition coefficient (Wildman–Crippen LogP) is 1.53. The molecule has 1 fully saturated rings. The highest BCUT2D eigenvalue weighted by Crippen LogP contribution is 2.22. The Kier molecular flexibility index (Phi) is 3.92. The van der Waals surface area contributed by atoms with Gasteiger partial charge in [0.2, 0.25) is 0 Å². The minimum absolute atomic E-state index is 0.472. The maximum absolute atomic E-state index is 5.06. The van der Waals surface area contributed by atoms with Gasteiger partial charge in [-0.05, 0) is 31.9 Å². The molecule has 20 heavy (non-hydrogen) atoms. The number of hydrogen-bond acceptors (Lipinski definition) is 6. The van der Waals surface area contributed by atoms with E-state index in [-0.39, 0.29) is 0 Å². The molecule has 0 spiro atoms. The summed E-state index contributed by atoms with van der Waals surface area (Å²) in [5, 5.41) is 15.6. The summed E-state index contributed by atoms with van der Waals surface area (Å²) in [6, 6.07) is 6.39. The average molecular weight is 273 g/mol. The number of aromatic nitrogens is 3. The summed E-state index contributed by atoms with van der Waals surface area (Å²) in [6.07, 6.45) is 4.09. The van der Waals surface area contributed by atoms with Crippen LogP contribution in [0.2, 0.25) is 0 Å². The fourth-order valence-corrected chi connectivity index (χ4v) is 2.66. The molecule has 0 unspecified atom stereocenters. The molecule has 0 radical (unpaired) electrons. The Morgan fingerprint density at radius 2 is 2.45 bits per heavy atom. The zero-order valence-corrected chi connectivity index (χ0v) is 11.6. The number of rotatable bonds is 5. The van der Waals surface area contributed by atoms with Crippen LogP contribution in [0, 0.1) is 6.92 Å². The van der Waals surface area contributed by atoms with Crippen molar-refractivity contribution in [1.29, 1.82) is 0 Å². The SMILES string of the molecule is Cc1cc(CNC[C@H]2CCCN2c2cccnn2)no1. The molecule has 1 N–H and O–H groups in total. The van der Waals surface area contributed by atoms with Gasteiger partial charge in [0.15, 0.2) is 5.82 Å². The third kappa shape index (κ3) is 2.96. The lowest BCUT2D eigenvalue weighted by molar-refractivity contribution is 0.387. The summed E-state index contributed by atoms with van der Waals surface area (Å²) in [4.78, 5) is 2.33. The van der Waals surface area contributed by atoms with Gasteiger partial charge >= 0.3 is 0 Å². The van der Waals surface area contributed by atoms with Crippen molar-refractivity contribution in [2.45, 2.75) is 32.4 Å². The van der Waals surface area contributed by atoms with E-state index in [2.05, 4.69) is 25.6 Å². The molecule has 1 aliphatic heterocycles. The van der Waals surface area contributed by atoms with Crippen LogP contribution in [0.15, 0.2) is 28.9 Å². The van der Waals surface area contributed by atoms with Gasteiger partial charge in [0.25, 0.3) is 0 Å². The van der Waals surface area contributed by atoms with E-state index in [0.717, 1.165) is 36.9 Å². The van der Waals surface area contributed by atoms with Gasteiger partial charge in [-0.3, -0.25) is 0 Å². The van der Waals surface area contributed by atoms with Crippen LogP contribution in [0.1, 0.15) is 24.3 Å². The zero-order chi connectivity index (χ0) is 13.8. The maximum Gasteiger partial charge on any atom is 0.151 e. The van der Waals surface area contributed by atoms with Gasteiger partial charge < -0.3 is 14.7 Å². The van der Waals surface area contributed by atoms with Crippen LogP contribution in [0.25, 0.3) is 0 Å². The molecule has 1 saturated heterocycles. The van der Waals surface area contributed by atoms with E-state index < -0.39 is 0 Å². The van der Waals surface area contributed by atoms with E-state index >= 15 is 0 Å². The summed E-state index contributed by atoms with van der Waals surface area (Å²) in [5.41, 5.74) is 0.951. The van der Waals surface area contributed by atoms with Crippen LogP contribution in [0.4, 0.5) is 5.82 Å². The molecule has 0 aromatic carbocycles. The summed E-state index contributed by atoms with van der Waals surface area (Å²) < 4.78 is 5.06. The molecule has 1 atom stereocenters. The molecule has 2 aromatic rings. The van der Waals surface area contributed by atoms with Crippen LogP contribution in [-0.2, 0) is 6.54 Å². The van der Waals surface area contributed by atoms with Crippen LogP contribution >= 0.6 is 0 Å². The quantitative estimate of drug-likeness (QED) is 0.891. The number of nitrogens with one attached hydrogen (secondary N) is 1. The summed E-state index contributed by atoms with van der Waals surface area (Å²) in [7, 11) is 0. The van der Waals surface area contributed by atoms with Gasteiger partial charge in [-0.25, -0.2) is 0 Å². The Bertz CT molecular complexity index is 542. The molecule has 6 heteroatoms. The second-order valence-corrected chi connectivity index (χ2v) is 5.13. The van der Waals surface area contributed by atoms with Crippen molar-refractivity contribution in [2.75, 3.05) is 18.0 Å². The van der Waals surface area contributed by atoms with Crippen molar-refractivity contribution in [3.05, 3.63) is 35.9 Å². The first kappa shape index (κ1) is 13.1. The van der Waals surface area contributed by atoms with Gasteiger partial charge in [0.1, 0.15) is 5.76 Å². The van der Waals surface area contributed by atoms with E-state index in [1.807, 2.05) is 25.1 Å². The molecule has 0 saturated carbocycles. The van der Waals surface area contributed by atoms with E-state index in [1.165, 1.54) is 12.8 Å². The minimum atomic E-state index is 0.472. The third-order valence-electron chi connectivity index (χ3n) is 3.59. The fraction of sp³-hybridized carbons (Fsp3) is 0.500. The zero-order valence-electron chi connectivity index (χ0n) is 11.6. The van der Waals surface area contributed by atoms with Crippen molar-refractivity contribution < 1.29 is 4.52 Å². The van der Waals surface area contributed by atoms with Gasteiger partial charge in [-0.15, -0.1) is 5.10 Å². The highest BCUT2D eigenvalue weighted by Gasteiger charge is 2.25. The molecule has 2 aromatic heterocycles. The Balaban J connectivity index is 1.54. The first-order valence-electron chi connectivity index (χ1n) is 7.00. The highest BCUT2D eigenvalue weighted by atomic mass is 16.5. The maximum atomic E-state index is 5.06. The van der Waals surface area contributed by atoms with Crippen molar-refractivity contribution in [3.8, 4) is 0 Å². The fourth-order valence-electron chi connectivity index (χ4n) is 2.66. The highest BCUT2D eigenvalue weighted by molar-refractivity contribution is 5.39. The first-order valence-corrected chi connectivity index (χ1v) is 7.00. The molecular formula is C14H19N5O. The van der Waals surface area contributed by atoms with Crippen LogP contribution in [0.5, 0.6) is 0 Å². The Labute approximate surface area is 118 Å². The molecular weight excluding hydrogens is 254 g/mol. The molecule has 0 amide bonds. The second kappa shape index (κ2) is 6.00. The third-order valence-corrected chi connectivity index (χ3v) is 3.59. The number of anilines is 1. The second-order valence-electron chi connectivity index (χ2n) is 5.13. The summed E-state index contributed by atoms with van der Waals surface area (Å²) >= 11 is 0. The summed E-state index contributed by atoms with van der Waals surface area (Å²) in [6.45, 7) is 4.61. The number of nitrogens with zero attached hydrogens (tertiary/aromatic N) is 4. The van der Waals surface area contributed by atoms with Crippen molar-refractivity contribution in [2.24, 2.45) is 0 Å². The van der Waals surface area contributed by atoms with Crippen LogP contribution in [0.3, 0.4) is 0 Å².